The van der Waals surface area contributed by atoms with Crippen LogP contribution in [-0.2, 0) is 22.1 Å². The maximum absolute atomic E-state index is 13.2. The Labute approximate surface area is 181 Å². The number of rotatable bonds is 5. The molecule has 0 aliphatic carbocycles. The molecule has 0 amide bonds. The number of hydrogen-bond acceptors (Lipinski definition) is 4. The zero-order chi connectivity index (χ0) is 22.9. The Morgan fingerprint density at radius 2 is 1.77 bits per heavy atom. The number of carbonyl (C=O) groups excluding carboxylic acids is 2. The van der Waals surface area contributed by atoms with E-state index in [1.54, 1.807) is 19.9 Å². The number of carbonyl (C=O) groups is 2. The molecule has 0 fully saturated rings. The van der Waals surface area contributed by atoms with Crippen LogP contribution in [0.15, 0.2) is 36.4 Å². The molecule has 0 aliphatic rings. The Morgan fingerprint density at radius 1 is 1.13 bits per heavy atom. The summed E-state index contributed by atoms with van der Waals surface area (Å²) in [5, 5.41) is 0.809. The first kappa shape index (κ1) is 22.7. The summed E-state index contributed by atoms with van der Waals surface area (Å²) < 4.78 is 50.2. The predicted octanol–water partition coefficient (Wildman–Crippen LogP) is 5.42. The van der Waals surface area contributed by atoms with Crippen molar-refractivity contribution in [1.82, 2.24) is 4.57 Å². The Balaban J connectivity index is 2.17. The van der Waals surface area contributed by atoms with Gasteiger partial charge in [0.1, 0.15) is 5.75 Å². The van der Waals surface area contributed by atoms with Crippen LogP contribution in [0, 0.1) is 6.92 Å². The van der Waals surface area contributed by atoms with Crippen molar-refractivity contribution in [1.29, 1.82) is 0 Å². The van der Waals surface area contributed by atoms with Crippen LogP contribution >= 0.6 is 11.6 Å². The molecule has 0 saturated carbocycles. The minimum absolute atomic E-state index is 0.0580. The van der Waals surface area contributed by atoms with Gasteiger partial charge in [-0.05, 0) is 55.8 Å². The van der Waals surface area contributed by atoms with Gasteiger partial charge in [-0.15, -0.1) is 0 Å². The molecule has 0 unspecified atom stereocenters. The van der Waals surface area contributed by atoms with E-state index >= 15 is 0 Å². The molecule has 3 rings (SSSR count). The van der Waals surface area contributed by atoms with Crippen molar-refractivity contribution < 1.29 is 32.2 Å². The molecule has 3 aromatic rings. The first-order chi connectivity index (χ1) is 14.6. The van der Waals surface area contributed by atoms with Crippen LogP contribution in [0.2, 0.25) is 5.02 Å². The van der Waals surface area contributed by atoms with Crippen LogP contribution in [0.3, 0.4) is 0 Å². The third-order valence-electron chi connectivity index (χ3n) is 4.90. The molecular weight excluding hydrogens is 435 g/mol. The summed E-state index contributed by atoms with van der Waals surface area (Å²) in [6.07, 6.45) is -4.59. The van der Waals surface area contributed by atoms with E-state index in [1.165, 1.54) is 17.7 Å². The summed E-state index contributed by atoms with van der Waals surface area (Å²) in [6.45, 7) is 3.54. The summed E-state index contributed by atoms with van der Waals surface area (Å²) in [6, 6.07) is 7.09. The highest BCUT2D eigenvalue weighted by Crippen LogP contribution is 2.36. The average molecular weight is 454 g/mol. The number of aromatic nitrogens is 1. The first-order valence-corrected chi connectivity index (χ1v) is 9.71. The normalized spacial score (nSPS) is 11.6. The van der Waals surface area contributed by atoms with E-state index in [2.05, 4.69) is 0 Å². The van der Waals surface area contributed by atoms with E-state index in [9.17, 15) is 22.8 Å². The first-order valence-electron chi connectivity index (χ1n) is 9.33. The zero-order valence-corrected chi connectivity index (χ0v) is 17.7. The number of methoxy groups -OCH3 is 1. The summed E-state index contributed by atoms with van der Waals surface area (Å²) in [4.78, 5) is 25.4. The van der Waals surface area contributed by atoms with Crippen LogP contribution in [0.5, 0.6) is 5.75 Å². The van der Waals surface area contributed by atoms with Gasteiger partial charge in [-0.25, -0.2) is 0 Å². The molecule has 1 heterocycles. The van der Waals surface area contributed by atoms with Crippen LogP contribution in [0.25, 0.3) is 10.9 Å². The molecule has 0 bridgehead atoms. The van der Waals surface area contributed by atoms with E-state index in [-0.39, 0.29) is 23.6 Å². The van der Waals surface area contributed by atoms with Crippen molar-refractivity contribution in [3.8, 4) is 5.75 Å². The highest BCUT2D eigenvalue weighted by atomic mass is 35.5. The van der Waals surface area contributed by atoms with Crippen molar-refractivity contribution in [2.24, 2.45) is 0 Å². The van der Waals surface area contributed by atoms with Gasteiger partial charge >= 0.3 is 12.1 Å². The molecule has 2 aromatic carbocycles. The second-order valence-corrected chi connectivity index (χ2v) is 7.17. The molecule has 0 N–H and O–H groups in total. The SMILES string of the molecule is CCOC(=O)Cc1c(C)n(C(=O)c2ccc(C(F)(F)F)cc2)c2cc(Cl)c(OC)cc12. The fourth-order valence-corrected chi connectivity index (χ4v) is 3.64. The second kappa shape index (κ2) is 8.63. The number of hydrogen-bond donors (Lipinski definition) is 0. The van der Waals surface area contributed by atoms with E-state index in [0.717, 1.165) is 24.3 Å². The lowest BCUT2D eigenvalue weighted by molar-refractivity contribution is -0.142. The molecule has 0 aliphatic heterocycles. The summed E-state index contributed by atoms with van der Waals surface area (Å²) in [7, 11) is 1.44. The number of nitrogens with zero attached hydrogens (tertiary/aromatic N) is 1. The fourth-order valence-electron chi connectivity index (χ4n) is 3.41. The largest absolute Gasteiger partial charge is 0.495 e. The number of fused-ring (bicyclic) bond motifs is 1. The van der Waals surface area contributed by atoms with Crippen molar-refractivity contribution >= 4 is 34.4 Å². The van der Waals surface area contributed by atoms with Gasteiger partial charge in [0.05, 0.1) is 36.2 Å². The Morgan fingerprint density at radius 3 is 2.32 bits per heavy atom. The highest BCUT2D eigenvalue weighted by Gasteiger charge is 2.30. The standard InChI is InChI=1S/C22H19ClF3NO4/c1-4-31-20(28)10-15-12(2)27(18-11-17(23)19(30-3)9-16(15)18)21(29)13-5-7-14(8-6-13)22(24,25)26/h5-9,11H,4,10H2,1-3H3. The van der Waals surface area contributed by atoms with Gasteiger partial charge < -0.3 is 9.47 Å². The van der Waals surface area contributed by atoms with E-state index in [1.807, 2.05) is 0 Å². The molecule has 164 valence electrons. The third kappa shape index (κ3) is 4.39. The van der Waals surface area contributed by atoms with Crippen LogP contribution < -0.4 is 4.74 Å². The second-order valence-electron chi connectivity index (χ2n) is 6.77. The molecule has 5 nitrogen and oxygen atoms in total. The molecule has 0 radical (unpaired) electrons. The number of esters is 1. The van der Waals surface area contributed by atoms with Crippen molar-refractivity contribution in [2.45, 2.75) is 26.4 Å². The van der Waals surface area contributed by atoms with Gasteiger partial charge in [-0.2, -0.15) is 13.2 Å². The molecule has 0 atom stereocenters. The van der Waals surface area contributed by atoms with Gasteiger partial charge in [0, 0.05) is 16.6 Å². The van der Waals surface area contributed by atoms with Crippen molar-refractivity contribution in [2.75, 3.05) is 13.7 Å². The number of alkyl halides is 3. The molecule has 0 spiro atoms. The molecule has 31 heavy (non-hydrogen) atoms. The van der Waals surface area contributed by atoms with Gasteiger partial charge in [0.15, 0.2) is 0 Å². The lowest BCUT2D eigenvalue weighted by Gasteiger charge is -2.10. The van der Waals surface area contributed by atoms with Crippen LogP contribution in [0.4, 0.5) is 13.2 Å². The van der Waals surface area contributed by atoms with E-state index in [4.69, 9.17) is 21.1 Å². The Kier molecular flexibility index (Phi) is 6.31. The summed E-state index contributed by atoms with van der Waals surface area (Å²) >= 11 is 6.25. The topological polar surface area (TPSA) is 57.5 Å². The number of benzene rings is 2. The lowest BCUT2D eigenvalue weighted by atomic mass is 10.1. The van der Waals surface area contributed by atoms with Crippen LogP contribution in [-0.4, -0.2) is 30.2 Å². The lowest BCUT2D eigenvalue weighted by Crippen LogP contribution is -2.15. The van der Waals surface area contributed by atoms with Crippen molar-refractivity contribution in [3.05, 3.63) is 63.8 Å². The number of ether oxygens (including phenoxy) is 2. The maximum atomic E-state index is 13.2. The minimum Gasteiger partial charge on any atom is -0.495 e. The van der Waals surface area contributed by atoms with Gasteiger partial charge in [-0.1, -0.05) is 11.6 Å². The monoisotopic (exact) mass is 453 g/mol. The smallest absolute Gasteiger partial charge is 0.416 e. The van der Waals surface area contributed by atoms with Crippen molar-refractivity contribution in [3.63, 3.8) is 0 Å². The van der Waals surface area contributed by atoms with E-state index < -0.39 is 23.6 Å². The fraction of sp³-hybridized carbons (Fsp3) is 0.273. The number of halogens is 4. The van der Waals surface area contributed by atoms with Gasteiger partial charge in [-0.3, -0.25) is 14.2 Å². The minimum atomic E-state index is -4.51. The maximum Gasteiger partial charge on any atom is 0.416 e. The average Bonchev–Trinajstić information content (AvgIpc) is 2.97. The highest BCUT2D eigenvalue weighted by molar-refractivity contribution is 6.33. The van der Waals surface area contributed by atoms with E-state index in [0.29, 0.717) is 27.9 Å². The Hall–Kier alpha value is -3.00. The molecule has 0 saturated heterocycles. The summed E-state index contributed by atoms with van der Waals surface area (Å²) in [5.41, 5.74) is 0.616. The van der Waals surface area contributed by atoms with Gasteiger partial charge in [0.25, 0.3) is 5.91 Å². The predicted molar refractivity (Wildman–Crippen MR) is 110 cm³/mol. The zero-order valence-electron chi connectivity index (χ0n) is 17.0. The molecular formula is C22H19ClF3NO4. The quantitative estimate of drug-likeness (QED) is 0.484. The molecule has 9 heteroatoms. The third-order valence-corrected chi connectivity index (χ3v) is 5.19. The van der Waals surface area contributed by atoms with Gasteiger partial charge in [0.2, 0.25) is 0 Å². The van der Waals surface area contributed by atoms with Crippen LogP contribution in [0.1, 0.15) is 34.1 Å². The summed E-state index contributed by atoms with van der Waals surface area (Å²) in [5.74, 6) is -0.661. The Bertz CT molecular complexity index is 1150. The molecule has 1 aromatic heterocycles.